The topological polar surface area (TPSA) is 44.8 Å². The van der Waals surface area contributed by atoms with Crippen molar-refractivity contribution in [3.8, 4) is 5.75 Å². The minimum absolute atomic E-state index is 0.0268. The average Bonchev–Trinajstić information content (AvgIpc) is 3.44. The second-order valence-electron chi connectivity index (χ2n) is 9.66. The van der Waals surface area contributed by atoms with E-state index in [4.69, 9.17) is 4.74 Å². The molecule has 0 radical (unpaired) electrons. The largest absolute Gasteiger partial charge is 0.484 e. The number of amides is 1. The summed E-state index contributed by atoms with van der Waals surface area (Å²) in [6.45, 7) is 3.42. The van der Waals surface area contributed by atoms with E-state index in [9.17, 15) is 4.79 Å². The van der Waals surface area contributed by atoms with Gasteiger partial charge in [-0.3, -0.25) is 9.69 Å². The van der Waals surface area contributed by atoms with Crippen molar-refractivity contribution in [2.24, 2.45) is 0 Å². The van der Waals surface area contributed by atoms with Crippen LogP contribution in [0.2, 0.25) is 0 Å². The zero-order valence-corrected chi connectivity index (χ0v) is 21.5. The van der Waals surface area contributed by atoms with Gasteiger partial charge in [-0.05, 0) is 74.6 Å². The van der Waals surface area contributed by atoms with E-state index in [1.54, 1.807) is 11.3 Å². The van der Waals surface area contributed by atoms with Crippen molar-refractivity contribution in [1.82, 2.24) is 15.1 Å². The lowest BCUT2D eigenvalue weighted by Crippen LogP contribution is -2.55. The Bertz CT molecular complexity index is 1140. The van der Waals surface area contributed by atoms with Gasteiger partial charge in [-0.2, -0.15) is 0 Å². The van der Waals surface area contributed by atoms with Crippen LogP contribution in [0.5, 0.6) is 5.75 Å². The molecule has 2 aliphatic rings. The Morgan fingerprint density at radius 2 is 1.83 bits per heavy atom. The van der Waals surface area contributed by atoms with Crippen LogP contribution in [0, 0.1) is 0 Å². The fourth-order valence-corrected chi connectivity index (χ4v) is 6.50. The first-order valence-electron chi connectivity index (χ1n) is 12.6. The lowest BCUT2D eigenvalue weighted by Gasteiger charge is -2.51. The normalized spacial score (nSPS) is 18.3. The number of fused-ring (bicyclic) bond motifs is 2. The number of nitrogens with zero attached hydrogens (tertiary/aromatic N) is 2. The molecule has 0 saturated carbocycles. The smallest absolute Gasteiger partial charge is 0.257 e. The van der Waals surface area contributed by atoms with Crippen LogP contribution < -0.4 is 10.1 Å². The first-order valence-corrected chi connectivity index (χ1v) is 13.5. The molecule has 0 bridgehead atoms. The first kappa shape index (κ1) is 24.0. The third-order valence-corrected chi connectivity index (χ3v) is 8.71. The number of benzene rings is 2. The zero-order chi connectivity index (χ0) is 24.3. The van der Waals surface area contributed by atoms with E-state index in [2.05, 4.69) is 59.0 Å². The molecule has 1 amide bonds. The Kier molecular flexibility index (Phi) is 7.23. The maximum absolute atomic E-state index is 13.7. The number of hydrogen-bond donors (Lipinski definition) is 1. The van der Waals surface area contributed by atoms with Crippen molar-refractivity contribution >= 4 is 17.2 Å². The van der Waals surface area contributed by atoms with E-state index in [0.29, 0.717) is 11.3 Å². The average molecular weight is 490 g/mol. The molecule has 2 aromatic carbocycles. The Labute approximate surface area is 212 Å². The number of likely N-dealkylation sites (tertiary alicyclic amines) is 1. The van der Waals surface area contributed by atoms with Gasteiger partial charge in [0.2, 0.25) is 0 Å². The molecule has 0 aliphatic carbocycles. The molecule has 3 aromatic rings. The van der Waals surface area contributed by atoms with Crippen LogP contribution in [0.3, 0.4) is 0 Å². The van der Waals surface area contributed by atoms with E-state index >= 15 is 0 Å². The Hall–Kier alpha value is -2.67. The van der Waals surface area contributed by atoms with Gasteiger partial charge in [0.1, 0.15) is 11.9 Å². The number of nitrogens with one attached hydrogen (secondary N) is 1. The number of thiophene rings is 1. The van der Waals surface area contributed by atoms with Gasteiger partial charge in [-0.1, -0.05) is 42.5 Å². The van der Waals surface area contributed by atoms with Crippen molar-refractivity contribution in [3.05, 3.63) is 87.6 Å². The second-order valence-corrected chi connectivity index (χ2v) is 10.6. The van der Waals surface area contributed by atoms with E-state index in [-0.39, 0.29) is 17.6 Å². The summed E-state index contributed by atoms with van der Waals surface area (Å²) in [5, 5.41) is 5.29. The number of rotatable bonds is 7. The van der Waals surface area contributed by atoms with Crippen LogP contribution in [0.4, 0.5) is 0 Å². The van der Waals surface area contributed by atoms with Gasteiger partial charge in [-0.15, -0.1) is 11.3 Å². The van der Waals surface area contributed by atoms with Gasteiger partial charge < -0.3 is 15.0 Å². The summed E-state index contributed by atoms with van der Waals surface area (Å²) >= 11 is 1.70. The van der Waals surface area contributed by atoms with Gasteiger partial charge in [0.25, 0.3) is 5.91 Å². The molecule has 35 heavy (non-hydrogen) atoms. The number of carbonyl (C=O) groups is 1. The summed E-state index contributed by atoms with van der Waals surface area (Å²) in [7, 11) is 4.20. The Morgan fingerprint density at radius 3 is 2.60 bits per heavy atom. The Morgan fingerprint density at radius 1 is 1.06 bits per heavy atom. The highest BCUT2D eigenvalue weighted by molar-refractivity contribution is 7.10. The maximum Gasteiger partial charge on any atom is 0.257 e. The van der Waals surface area contributed by atoms with Crippen LogP contribution >= 0.6 is 11.3 Å². The molecule has 1 aromatic heterocycles. The molecule has 1 N–H and O–H groups in total. The number of hydrogen-bond acceptors (Lipinski definition) is 5. The molecule has 1 spiro atoms. The molecule has 3 heterocycles. The summed E-state index contributed by atoms with van der Waals surface area (Å²) in [6, 6.07) is 20.8. The van der Waals surface area contributed by atoms with Crippen molar-refractivity contribution in [2.45, 2.75) is 37.3 Å². The molecule has 1 fully saturated rings. The lowest BCUT2D eigenvalue weighted by molar-refractivity contribution is 0.0248. The molecule has 1 atom stereocenters. The van der Waals surface area contributed by atoms with E-state index in [0.717, 1.165) is 51.9 Å². The second kappa shape index (κ2) is 10.5. The van der Waals surface area contributed by atoms with Crippen LogP contribution in [-0.4, -0.2) is 56.0 Å². The Balaban J connectivity index is 1.34. The van der Waals surface area contributed by atoms with E-state index < -0.39 is 0 Å². The number of piperidine rings is 1. The fourth-order valence-electron chi connectivity index (χ4n) is 5.71. The summed E-state index contributed by atoms with van der Waals surface area (Å²) in [5.74, 6) is 0.744. The number of carbonyl (C=O) groups excluding carboxylic acids is 1. The minimum atomic E-state index is -0.0755. The fraction of sp³-hybridized carbons (Fsp3) is 0.414. The minimum Gasteiger partial charge on any atom is -0.484 e. The van der Waals surface area contributed by atoms with Crippen molar-refractivity contribution in [3.63, 3.8) is 0 Å². The predicted octanol–water partition coefficient (Wildman–Crippen LogP) is 5.10. The molecule has 1 unspecified atom stereocenters. The third kappa shape index (κ3) is 4.75. The van der Waals surface area contributed by atoms with Gasteiger partial charge in [-0.25, -0.2) is 0 Å². The van der Waals surface area contributed by atoms with Gasteiger partial charge in [0.05, 0.1) is 5.56 Å². The highest BCUT2D eigenvalue weighted by Gasteiger charge is 2.43. The van der Waals surface area contributed by atoms with Crippen molar-refractivity contribution in [1.29, 1.82) is 0 Å². The summed E-state index contributed by atoms with van der Waals surface area (Å²) in [4.78, 5) is 19.4. The van der Waals surface area contributed by atoms with Gasteiger partial charge >= 0.3 is 0 Å². The summed E-state index contributed by atoms with van der Waals surface area (Å²) < 4.78 is 6.49. The summed E-state index contributed by atoms with van der Waals surface area (Å²) in [5.41, 5.74) is 3.60. The lowest BCUT2D eigenvalue weighted by atomic mass is 9.74. The van der Waals surface area contributed by atoms with Crippen molar-refractivity contribution in [2.75, 3.05) is 40.3 Å². The maximum atomic E-state index is 13.7. The molecule has 2 aliphatic heterocycles. The van der Waals surface area contributed by atoms with Crippen LogP contribution in [-0.2, 0) is 12.0 Å². The zero-order valence-electron chi connectivity index (χ0n) is 20.7. The molecule has 5 rings (SSSR count). The quantitative estimate of drug-likeness (QED) is 0.502. The number of likely N-dealkylation sites (N-methyl/N-ethyl adjacent to an activating group) is 1. The molecular formula is C29H35N3O2S. The highest BCUT2D eigenvalue weighted by atomic mass is 32.1. The highest BCUT2D eigenvalue weighted by Crippen LogP contribution is 2.43. The monoisotopic (exact) mass is 489 g/mol. The van der Waals surface area contributed by atoms with Gasteiger partial charge in [0, 0.05) is 36.5 Å². The number of para-hydroxylation sites is 1. The third-order valence-electron chi connectivity index (χ3n) is 7.75. The molecule has 1 saturated heterocycles. The standard InChI is InChI=1S/C29H35N3O2S/c1-30-17-13-26(27-12-7-21-35-27)34-25-11-6-4-9-23(25)28(33)32-19-15-29(16-20-32)24-10-5-3-8-22(24)14-18-31(29)2/h3-12,21,26,30H,13-20H2,1-2H3. The van der Waals surface area contributed by atoms with E-state index in [1.807, 2.05) is 36.2 Å². The SMILES string of the molecule is CNCCC(Oc1ccccc1C(=O)N1CCC2(CC1)c1ccccc1CCN2C)c1cccs1. The molecular weight excluding hydrogens is 454 g/mol. The molecule has 5 nitrogen and oxygen atoms in total. The van der Waals surface area contributed by atoms with Gasteiger partial charge in [0.15, 0.2) is 0 Å². The van der Waals surface area contributed by atoms with Crippen molar-refractivity contribution < 1.29 is 9.53 Å². The van der Waals surface area contributed by atoms with Crippen LogP contribution in [0.25, 0.3) is 0 Å². The van der Waals surface area contributed by atoms with E-state index in [1.165, 1.54) is 16.0 Å². The number of ether oxygens (including phenoxy) is 1. The van der Waals surface area contributed by atoms with Crippen LogP contribution in [0.15, 0.2) is 66.0 Å². The first-order chi connectivity index (χ1) is 17.1. The molecule has 184 valence electrons. The predicted molar refractivity (Wildman–Crippen MR) is 142 cm³/mol. The molecule has 6 heteroatoms. The summed E-state index contributed by atoms with van der Waals surface area (Å²) in [6.07, 6.45) is 3.77. The van der Waals surface area contributed by atoms with Crippen LogP contribution in [0.1, 0.15) is 51.7 Å².